The Morgan fingerprint density at radius 3 is 2.95 bits per heavy atom. The molecule has 0 bridgehead atoms. The fourth-order valence-corrected chi connectivity index (χ4v) is 2.45. The van der Waals surface area contributed by atoms with Crippen LogP contribution in [0.25, 0.3) is 0 Å². The molecule has 5 heteroatoms. The largest absolute Gasteiger partial charge is 0.339 e. The van der Waals surface area contributed by atoms with Crippen molar-refractivity contribution >= 4 is 5.95 Å². The summed E-state index contributed by atoms with van der Waals surface area (Å²) < 4.78 is 0. The molecule has 2 heterocycles. The van der Waals surface area contributed by atoms with E-state index in [9.17, 15) is 0 Å². The maximum Gasteiger partial charge on any atom is 0.226 e. The van der Waals surface area contributed by atoms with Crippen molar-refractivity contribution in [3.63, 3.8) is 0 Å². The Hall–Kier alpha value is -1.67. The molecular weight excluding hydrogens is 238 g/mol. The van der Waals surface area contributed by atoms with E-state index in [-0.39, 0.29) is 0 Å². The minimum Gasteiger partial charge on any atom is -0.339 e. The number of aromatic nitrogens is 2. The smallest absolute Gasteiger partial charge is 0.226 e. The lowest BCUT2D eigenvalue weighted by Gasteiger charge is -2.30. The molecule has 0 saturated carbocycles. The molecule has 102 valence electrons. The van der Waals surface area contributed by atoms with E-state index in [4.69, 9.17) is 5.26 Å². The van der Waals surface area contributed by atoms with Gasteiger partial charge in [0.25, 0.3) is 0 Å². The Kier molecular flexibility index (Phi) is 4.69. The number of aryl methyl sites for hydroxylation is 1. The second kappa shape index (κ2) is 6.48. The van der Waals surface area contributed by atoms with Gasteiger partial charge in [0.05, 0.1) is 0 Å². The van der Waals surface area contributed by atoms with Crippen molar-refractivity contribution in [3.05, 3.63) is 17.5 Å². The molecule has 1 saturated heterocycles. The zero-order chi connectivity index (χ0) is 13.7. The zero-order valence-electron chi connectivity index (χ0n) is 11.7. The number of hydrogen-bond donors (Lipinski definition) is 1. The average molecular weight is 259 g/mol. The number of likely N-dealkylation sites (N-methyl/N-ethyl adjacent to an activating group) is 1. The summed E-state index contributed by atoms with van der Waals surface area (Å²) in [6, 6.07) is 4.32. The van der Waals surface area contributed by atoms with Gasteiger partial charge in [-0.1, -0.05) is 6.42 Å². The number of piperidine rings is 1. The van der Waals surface area contributed by atoms with E-state index < -0.39 is 0 Å². The molecule has 0 spiro atoms. The number of hydrogen-bond acceptors (Lipinski definition) is 5. The van der Waals surface area contributed by atoms with Crippen LogP contribution in [-0.2, 0) is 0 Å². The quantitative estimate of drug-likeness (QED) is 0.890. The minimum atomic E-state index is 0.442. The molecular formula is C14H21N5. The zero-order valence-corrected chi connectivity index (χ0v) is 11.7. The standard InChI is InChI=1S/C14H21N5/c1-3-19(10-12-6-4-5-7-16-12)14-17-11(2)8-13(9-15)18-14/h8,12,16H,3-7,10H2,1-2H3. The summed E-state index contributed by atoms with van der Waals surface area (Å²) in [6.07, 6.45) is 3.75. The van der Waals surface area contributed by atoms with Crippen LogP contribution in [-0.4, -0.2) is 35.6 Å². The van der Waals surface area contributed by atoms with Crippen LogP contribution in [0.1, 0.15) is 37.6 Å². The fourth-order valence-electron chi connectivity index (χ4n) is 2.45. The Morgan fingerprint density at radius 2 is 2.32 bits per heavy atom. The highest BCUT2D eigenvalue weighted by molar-refractivity contribution is 5.36. The first-order valence-corrected chi connectivity index (χ1v) is 6.97. The predicted octanol–water partition coefficient (Wildman–Crippen LogP) is 1.63. The van der Waals surface area contributed by atoms with Crippen molar-refractivity contribution in [2.24, 2.45) is 0 Å². The van der Waals surface area contributed by atoms with Crippen molar-refractivity contribution in [1.29, 1.82) is 5.26 Å². The van der Waals surface area contributed by atoms with E-state index >= 15 is 0 Å². The molecule has 1 aromatic heterocycles. The molecule has 1 aliphatic rings. The van der Waals surface area contributed by atoms with Gasteiger partial charge in [0, 0.05) is 24.8 Å². The molecule has 0 aliphatic carbocycles. The molecule has 0 amide bonds. The van der Waals surface area contributed by atoms with Gasteiger partial charge in [0.15, 0.2) is 0 Å². The third kappa shape index (κ3) is 3.65. The van der Waals surface area contributed by atoms with Gasteiger partial charge < -0.3 is 10.2 Å². The Labute approximate surface area is 114 Å². The molecule has 0 aromatic carbocycles. The number of anilines is 1. The van der Waals surface area contributed by atoms with Gasteiger partial charge in [-0.05, 0) is 39.3 Å². The summed E-state index contributed by atoms with van der Waals surface area (Å²) in [4.78, 5) is 10.9. The van der Waals surface area contributed by atoms with Gasteiger partial charge >= 0.3 is 0 Å². The highest BCUT2D eigenvalue weighted by Gasteiger charge is 2.18. The third-order valence-corrected chi connectivity index (χ3v) is 3.47. The first kappa shape index (κ1) is 13.8. The van der Waals surface area contributed by atoms with Crippen molar-refractivity contribution in [1.82, 2.24) is 15.3 Å². The van der Waals surface area contributed by atoms with Gasteiger partial charge in [0.1, 0.15) is 11.8 Å². The van der Waals surface area contributed by atoms with Crippen LogP contribution in [0.2, 0.25) is 0 Å². The highest BCUT2D eigenvalue weighted by atomic mass is 15.3. The lowest BCUT2D eigenvalue weighted by atomic mass is 10.0. The Morgan fingerprint density at radius 1 is 1.47 bits per heavy atom. The van der Waals surface area contributed by atoms with Gasteiger partial charge in [0.2, 0.25) is 5.95 Å². The summed E-state index contributed by atoms with van der Waals surface area (Å²) in [7, 11) is 0. The first-order valence-electron chi connectivity index (χ1n) is 6.97. The highest BCUT2D eigenvalue weighted by Crippen LogP contribution is 2.14. The van der Waals surface area contributed by atoms with Gasteiger partial charge in [-0.15, -0.1) is 0 Å². The van der Waals surface area contributed by atoms with Crippen molar-refractivity contribution in [2.75, 3.05) is 24.5 Å². The molecule has 1 atom stereocenters. The maximum absolute atomic E-state index is 8.99. The van der Waals surface area contributed by atoms with E-state index in [0.717, 1.165) is 25.3 Å². The van der Waals surface area contributed by atoms with Crippen LogP contribution < -0.4 is 10.2 Å². The molecule has 19 heavy (non-hydrogen) atoms. The monoisotopic (exact) mass is 259 g/mol. The number of nitriles is 1. The maximum atomic E-state index is 8.99. The SMILES string of the molecule is CCN(CC1CCCCN1)c1nc(C)cc(C#N)n1. The summed E-state index contributed by atoms with van der Waals surface area (Å²) in [5.41, 5.74) is 1.29. The minimum absolute atomic E-state index is 0.442. The normalized spacial score (nSPS) is 18.9. The van der Waals surface area contributed by atoms with E-state index in [2.05, 4.69) is 33.2 Å². The number of nitrogens with zero attached hydrogens (tertiary/aromatic N) is 4. The van der Waals surface area contributed by atoms with Crippen LogP contribution in [0.5, 0.6) is 0 Å². The van der Waals surface area contributed by atoms with Gasteiger partial charge in [-0.3, -0.25) is 0 Å². The van der Waals surface area contributed by atoms with Crippen LogP contribution in [0.15, 0.2) is 6.07 Å². The molecule has 0 radical (unpaired) electrons. The van der Waals surface area contributed by atoms with Crippen LogP contribution in [0.3, 0.4) is 0 Å². The van der Waals surface area contributed by atoms with Gasteiger partial charge in [-0.2, -0.15) is 5.26 Å². The number of rotatable bonds is 4. The van der Waals surface area contributed by atoms with E-state index in [0.29, 0.717) is 17.7 Å². The summed E-state index contributed by atoms with van der Waals surface area (Å²) >= 11 is 0. The second-order valence-corrected chi connectivity index (χ2v) is 4.99. The molecule has 1 unspecified atom stereocenters. The number of nitrogens with one attached hydrogen (secondary N) is 1. The first-order chi connectivity index (χ1) is 9.22. The lowest BCUT2D eigenvalue weighted by Crippen LogP contribution is -2.44. The van der Waals surface area contributed by atoms with Crippen molar-refractivity contribution < 1.29 is 0 Å². The van der Waals surface area contributed by atoms with Crippen LogP contribution in [0.4, 0.5) is 5.95 Å². The molecule has 1 aliphatic heterocycles. The third-order valence-electron chi connectivity index (χ3n) is 3.47. The predicted molar refractivity (Wildman–Crippen MR) is 75.0 cm³/mol. The lowest BCUT2D eigenvalue weighted by molar-refractivity contribution is 0.399. The fraction of sp³-hybridized carbons (Fsp3) is 0.643. The van der Waals surface area contributed by atoms with Crippen molar-refractivity contribution in [3.8, 4) is 6.07 Å². The average Bonchev–Trinajstić information content (AvgIpc) is 2.45. The van der Waals surface area contributed by atoms with Crippen LogP contribution in [0, 0.1) is 18.3 Å². The van der Waals surface area contributed by atoms with E-state index in [1.54, 1.807) is 6.07 Å². The summed E-state index contributed by atoms with van der Waals surface area (Å²) in [5.74, 6) is 0.673. The molecule has 2 rings (SSSR count). The second-order valence-electron chi connectivity index (χ2n) is 4.99. The summed E-state index contributed by atoms with van der Waals surface area (Å²) in [5, 5.41) is 12.5. The van der Waals surface area contributed by atoms with E-state index in [1.165, 1.54) is 19.3 Å². The molecule has 1 fully saturated rings. The Bertz CT molecular complexity index is 459. The van der Waals surface area contributed by atoms with Gasteiger partial charge in [-0.25, -0.2) is 9.97 Å². The molecule has 5 nitrogen and oxygen atoms in total. The summed E-state index contributed by atoms with van der Waals surface area (Å²) in [6.45, 7) is 6.86. The van der Waals surface area contributed by atoms with Crippen molar-refractivity contribution in [2.45, 2.75) is 39.2 Å². The Balaban J connectivity index is 2.12. The molecule has 1 aromatic rings. The topological polar surface area (TPSA) is 64.8 Å². The van der Waals surface area contributed by atoms with Crippen LogP contribution >= 0.6 is 0 Å². The molecule has 1 N–H and O–H groups in total. The van der Waals surface area contributed by atoms with E-state index in [1.807, 2.05) is 6.92 Å².